The number of hydrogen-bond donors (Lipinski definition) is 2. The number of halogens is 4. The lowest BCUT2D eigenvalue weighted by molar-refractivity contribution is -0.141. The normalized spacial score (nSPS) is 15.3. The van der Waals surface area contributed by atoms with Crippen molar-refractivity contribution in [1.29, 1.82) is 0 Å². The van der Waals surface area contributed by atoms with Gasteiger partial charge in [0.05, 0.1) is 0 Å². The SMILES string of the molecule is C=C(NCC1CCOCC1)c1cnc(Nc2cccc(Br)c2)nc1C(F)(F)F. The predicted molar refractivity (Wildman–Crippen MR) is 105 cm³/mol. The first-order valence-corrected chi connectivity index (χ1v) is 9.60. The second-order valence-corrected chi connectivity index (χ2v) is 7.42. The summed E-state index contributed by atoms with van der Waals surface area (Å²) < 4.78 is 46.8. The van der Waals surface area contributed by atoms with Gasteiger partial charge in [0.15, 0.2) is 5.69 Å². The molecule has 0 unspecified atom stereocenters. The number of nitrogens with zero attached hydrogens (tertiary/aromatic N) is 2. The maximum atomic E-state index is 13.6. The van der Waals surface area contributed by atoms with Crippen LogP contribution in [0, 0.1) is 5.92 Å². The molecule has 1 aliphatic heterocycles. The van der Waals surface area contributed by atoms with Gasteiger partial charge in [0.2, 0.25) is 5.95 Å². The zero-order valence-electron chi connectivity index (χ0n) is 15.0. The van der Waals surface area contributed by atoms with Crippen LogP contribution in [0.15, 0.2) is 41.5 Å². The predicted octanol–water partition coefficient (Wildman–Crippen LogP) is 4.99. The Morgan fingerprint density at radius 1 is 1.29 bits per heavy atom. The van der Waals surface area contributed by atoms with E-state index in [4.69, 9.17) is 4.74 Å². The first-order valence-electron chi connectivity index (χ1n) is 8.80. The zero-order chi connectivity index (χ0) is 20.1. The molecule has 9 heteroatoms. The summed E-state index contributed by atoms with van der Waals surface area (Å²) >= 11 is 3.31. The topological polar surface area (TPSA) is 59.1 Å². The number of alkyl halides is 3. The molecule has 5 nitrogen and oxygen atoms in total. The quantitative estimate of drug-likeness (QED) is 0.641. The van der Waals surface area contributed by atoms with E-state index in [1.807, 2.05) is 6.07 Å². The number of hydrogen-bond acceptors (Lipinski definition) is 5. The van der Waals surface area contributed by atoms with Crippen molar-refractivity contribution in [2.75, 3.05) is 25.1 Å². The van der Waals surface area contributed by atoms with Crippen LogP contribution < -0.4 is 10.6 Å². The Kier molecular flexibility index (Phi) is 6.56. The summed E-state index contributed by atoms with van der Waals surface area (Å²) in [6, 6.07) is 7.00. The maximum absolute atomic E-state index is 13.6. The maximum Gasteiger partial charge on any atom is 0.434 e. The lowest BCUT2D eigenvalue weighted by atomic mass is 10.00. The molecular weight excluding hydrogens is 437 g/mol. The van der Waals surface area contributed by atoms with Crippen LogP contribution in [-0.2, 0) is 10.9 Å². The Labute approximate surface area is 169 Å². The van der Waals surface area contributed by atoms with Gasteiger partial charge in [-0.15, -0.1) is 0 Å². The van der Waals surface area contributed by atoms with Crippen LogP contribution in [0.3, 0.4) is 0 Å². The molecule has 0 aliphatic carbocycles. The van der Waals surface area contributed by atoms with Gasteiger partial charge in [0.25, 0.3) is 0 Å². The molecule has 2 heterocycles. The molecule has 0 spiro atoms. The van der Waals surface area contributed by atoms with Gasteiger partial charge in [-0.1, -0.05) is 28.6 Å². The van der Waals surface area contributed by atoms with E-state index in [1.54, 1.807) is 18.2 Å². The molecule has 1 aromatic heterocycles. The van der Waals surface area contributed by atoms with Crippen LogP contribution in [0.1, 0.15) is 24.1 Å². The van der Waals surface area contributed by atoms with Gasteiger partial charge < -0.3 is 15.4 Å². The van der Waals surface area contributed by atoms with Crippen molar-refractivity contribution in [1.82, 2.24) is 15.3 Å². The van der Waals surface area contributed by atoms with Crippen LogP contribution in [0.25, 0.3) is 5.70 Å². The fraction of sp³-hybridized carbons (Fsp3) is 0.368. The smallest absolute Gasteiger partial charge is 0.385 e. The number of aromatic nitrogens is 2. The summed E-state index contributed by atoms with van der Waals surface area (Å²) in [4.78, 5) is 7.74. The van der Waals surface area contributed by atoms with Gasteiger partial charge in [0.1, 0.15) is 0 Å². The average Bonchev–Trinajstić information content (AvgIpc) is 2.66. The Balaban J connectivity index is 1.77. The van der Waals surface area contributed by atoms with Crippen molar-refractivity contribution >= 4 is 33.3 Å². The highest BCUT2D eigenvalue weighted by Crippen LogP contribution is 2.33. The van der Waals surface area contributed by atoms with Gasteiger partial charge in [-0.2, -0.15) is 13.2 Å². The lowest BCUT2D eigenvalue weighted by Crippen LogP contribution is -2.27. The van der Waals surface area contributed by atoms with Crippen molar-refractivity contribution in [3.63, 3.8) is 0 Å². The molecule has 1 fully saturated rings. The third kappa shape index (κ3) is 5.45. The molecule has 150 valence electrons. The molecular formula is C19H20BrF3N4O. The highest BCUT2D eigenvalue weighted by atomic mass is 79.9. The molecule has 1 aliphatic rings. The van der Waals surface area contributed by atoms with E-state index in [1.165, 1.54) is 0 Å². The van der Waals surface area contributed by atoms with Crippen LogP contribution in [0.2, 0.25) is 0 Å². The van der Waals surface area contributed by atoms with Crippen molar-refractivity contribution < 1.29 is 17.9 Å². The van der Waals surface area contributed by atoms with Crippen molar-refractivity contribution in [2.24, 2.45) is 5.92 Å². The first kappa shape index (κ1) is 20.6. The summed E-state index contributed by atoms with van der Waals surface area (Å²) in [5, 5.41) is 5.79. The Bertz CT molecular complexity index is 838. The fourth-order valence-corrected chi connectivity index (χ4v) is 3.29. The summed E-state index contributed by atoms with van der Waals surface area (Å²) in [7, 11) is 0. The monoisotopic (exact) mass is 456 g/mol. The van der Waals surface area contributed by atoms with Gasteiger partial charge in [0, 0.05) is 47.4 Å². The van der Waals surface area contributed by atoms with E-state index >= 15 is 0 Å². The van der Waals surface area contributed by atoms with Crippen LogP contribution in [-0.4, -0.2) is 29.7 Å². The number of nitrogens with one attached hydrogen (secondary N) is 2. The van der Waals surface area contributed by atoms with Crippen molar-refractivity contribution in [3.8, 4) is 0 Å². The van der Waals surface area contributed by atoms with E-state index in [0.717, 1.165) is 23.5 Å². The van der Waals surface area contributed by atoms with E-state index in [0.29, 0.717) is 31.4 Å². The minimum absolute atomic E-state index is 0.133. The third-order valence-electron chi connectivity index (χ3n) is 4.41. The second kappa shape index (κ2) is 8.91. The molecule has 3 rings (SSSR count). The standard InChI is InChI=1S/C19H20BrF3N4O/c1-12(24-10-13-5-7-28-8-6-13)16-11-25-18(27-17(16)19(21,22)23)26-15-4-2-3-14(20)9-15/h2-4,9,11,13,24H,1,5-8,10H2,(H,25,26,27). The molecule has 0 saturated carbocycles. The van der Waals surface area contributed by atoms with Crippen molar-refractivity contribution in [3.05, 3.63) is 52.8 Å². The minimum Gasteiger partial charge on any atom is -0.385 e. The molecule has 1 aromatic carbocycles. The Morgan fingerprint density at radius 2 is 2.04 bits per heavy atom. The molecule has 0 amide bonds. The average molecular weight is 457 g/mol. The van der Waals surface area contributed by atoms with Crippen LogP contribution in [0.5, 0.6) is 0 Å². The number of anilines is 2. The number of benzene rings is 1. The Hall–Kier alpha value is -2.13. The van der Waals surface area contributed by atoms with Crippen LogP contribution in [0.4, 0.5) is 24.8 Å². The van der Waals surface area contributed by atoms with Gasteiger partial charge in [-0.25, -0.2) is 9.97 Å². The van der Waals surface area contributed by atoms with Gasteiger partial charge >= 0.3 is 6.18 Å². The highest BCUT2D eigenvalue weighted by Gasteiger charge is 2.37. The molecule has 28 heavy (non-hydrogen) atoms. The van der Waals surface area contributed by atoms with E-state index in [9.17, 15) is 13.2 Å². The van der Waals surface area contributed by atoms with Gasteiger partial charge in [-0.05, 0) is 37.0 Å². The number of ether oxygens (including phenoxy) is 1. The van der Waals surface area contributed by atoms with Gasteiger partial charge in [-0.3, -0.25) is 0 Å². The lowest BCUT2D eigenvalue weighted by Gasteiger charge is -2.23. The van der Waals surface area contributed by atoms with Crippen LogP contribution >= 0.6 is 15.9 Å². The fourth-order valence-electron chi connectivity index (χ4n) is 2.89. The second-order valence-electron chi connectivity index (χ2n) is 6.50. The molecule has 1 saturated heterocycles. The summed E-state index contributed by atoms with van der Waals surface area (Å²) in [6.07, 6.45) is -1.73. The zero-order valence-corrected chi connectivity index (χ0v) is 16.6. The molecule has 2 N–H and O–H groups in total. The molecule has 0 bridgehead atoms. The Morgan fingerprint density at radius 3 is 2.71 bits per heavy atom. The molecule has 0 atom stereocenters. The van der Waals surface area contributed by atoms with E-state index < -0.39 is 11.9 Å². The molecule has 0 radical (unpaired) electrons. The largest absolute Gasteiger partial charge is 0.434 e. The third-order valence-corrected chi connectivity index (χ3v) is 4.90. The molecule has 2 aromatic rings. The van der Waals surface area contributed by atoms with E-state index in [2.05, 4.69) is 43.1 Å². The highest BCUT2D eigenvalue weighted by molar-refractivity contribution is 9.10. The van der Waals surface area contributed by atoms with E-state index in [-0.39, 0.29) is 17.2 Å². The van der Waals surface area contributed by atoms with Crippen molar-refractivity contribution in [2.45, 2.75) is 19.0 Å². The summed E-state index contributed by atoms with van der Waals surface area (Å²) in [5.41, 5.74) is -0.441. The summed E-state index contributed by atoms with van der Waals surface area (Å²) in [5.74, 6) is 0.213. The first-order chi connectivity index (χ1) is 13.3. The minimum atomic E-state index is -4.63. The summed E-state index contributed by atoms with van der Waals surface area (Å²) in [6.45, 7) is 5.64. The number of rotatable bonds is 6.